The largest absolute Gasteiger partial charge is 0.358 e. The van der Waals surface area contributed by atoms with Crippen molar-refractivity contribution in [2.75, 3.05) is 7.05 Å². The van der Waals surface area contributed by atoms with E-state index in [1.807, 2.05) is 25.1 Å². The van der Waals surface area contributed by atoms with Crippen molar-refractivity contribution in [3.8, 4) is 0 Å². The van der Waals surface area contributed by atoms with Gasteiger partial charge in [-0.25, -0.2) is 0 Å². The van der Waals surface area contributed by atoms with Crippen LogP contribution < -0.4 is 5.32 Å². The van der Waals surface area contributed by atoms with Gasteiger partial charge in [-0.1, -0.05) is 30.3 Å². The third-order valence-electron chi connectivity index (χ3n) is 1.96. The van der Waals surface area contributed by atoms with Gasteiger partial charge in [0.25, 0.3) is 0 Å². The molecule has 0 bridgehead atoms. The van der Waals surface area contributed by atoms with Gasteiger partial charge in [-0.2, -0.15) is 0 Å². The molecule has 0 unspecified atom stereocenters. The van der Waals surface area contributed by atoms with Crippen molar-refractivity contribution in [2.24, 2.45) is 0 Å². The van der Waals surface area contributed by atoms with Crippen LogP contribution in [0.2, 0.25) is 0 Å². The van der Waals surface area contributed by atoms with Crippen molar-refractivity contribution in [2.45, 2.75) is 17.9 Å². The van der Waals surface area contributed by atoms with E-state index in [0.29, 0.717) is 0 Å². The summed E-state index contributed by atoms with van der Waals surface area (Å²) in [5.74, 6) is 0.973. The zero-order chi connectivity index (χ0) is 10.4. The molecule has 1 amide bonds. The number of rotatable bonds is 4. The highest BCUT2D eigenvalue weighted by molar-refractivity contribution is 7.99. The lowest BCUT2D eigenvalue weighted by atomic mass is 10.2. The van der Waals surface area contributed by atoms with E-state index >= 15 is 0 Å². The number of benzene rings is 1. The van der Waals surface area contributed by atoms with Gasteiger partial charge in [-0.3, -0.25) is 4.79 Å². The van der Waals surface area contributed by atoms with E-state index in [9.17, 15) is 4.79 Å². The van der Waals surface area contributed by atoms with Crippen LogP contribution in [0, 0.1) is 0 Å². The van der Waals surface area contributed by atoms with Crippen LogP contribution in [0.5, 0.6) is 0 Å². The molecule has 14 heavy (non-hydrogen) atoms. The van der Waals surface area contributed by atoms with E-state index in [0.717, 1.165) is 5.75 Å². The molecular weight excluding hydrogens is 194 g/mol. The van der Waals surface area contributed by atoms with E-state index in [1.54, 1.807) is 18.8 Å². The third-order valence-corrected chi connectivity index (χ3v) is 3.17. The maximum atomic E-state index is 11.2. The van der Waals surface area contributed by atoms with E-state index in [1.165, 1.54) is 5.56 Å². The molecule has 76 valence electrons. The molecule has 1 aromatic rings. The number of carbonyl (C=O) groups excluding carboxylic acids is 1. The van der Waals surface area contributed by atoms with E-state index < -0.39 is 0 Å². The Morgan fingerprint density at radius 1 is 1.43 bits per heavy atom. The van der Waals surface area contributed by atoms with Gasteiger partial charge < -0.3 is 5.32 Å². The second-order valence-electron chi connectivity index (χ2n) is 3.05. The maximum absolute atomic E-state index is 11.2. The van der Waals surface area contributed by atoms with E-state index in [2.05, 4.69) is 17.4 Å². The Hall–Kier alpha value is -0.960. The lowest BCUT2D eigenvalue weighted by Crippen LogP contribution is -2.27. The average molecular weight is 209 g/mol. The zero-order valence-electron chi connectivity index (χ0n) is 8.49. The summed E-state index contributed by atoms with van der Waals surface area (Å²) >= 11 is 1.65. The molecule has 0 saturated carbocycles. The van der Waals surface area contributed by atoms with Crippen LogP contribution in [0.4, 0.5) is 0 Å². The minimum atomic E-state index is 0.0141. The molecule has 0 aliphatic rings. The Labute approximate surface area is 89.1 Å². The summed E-state index contributed by atoms with van der Waals surface area (Å²) < 4.78 is 0. The first kappa shape index (κ1) is 11.1. The molecular formula is C11H15NOS. The summed E-state index contributed by atoms with van der Waals surface area (Å²) in [6.07, 6.45) is 0. The molecule has 0 saturated heterocycles. The van der Waals surface area contributed by atoms with Crippen LogP contribution in [0.15, 0.2) is 30.3 Å². The Kier molecular flexibility index (Phi) is 4.53. The fourth-order valence-electron chi connectivity index (χ4n) is 1.07. The van der Waals surface area contributed by atoms with Crippen molar-refractivity contribution in [3.63, 3.8) is 0 Å². The normalized spacial score (nSPS) is 12.1. The average Bonchev–Trinajstić information content (AvgIpc) is 2.26. The Morgan fingerprint density at radius 3 is 2.64 bits per heavy atom. The summed E-state index contributed by atoms with van der Waals surface area (Å²) in [6, 6.07) is 10.2. The maximum Gasteiger partial charge on any atom is 0.232 e. The van der Waals surface area contributed by atoms with Gasteiger partial charge in [-0.15, -0.1) is 11.8 Å². The molecule has 0 fully saturated rings. The van der Waals surface area contributed by atoms with Gasteiger partial charge in [0.15, 0.2) is 0 Å². The lowest BCUT2D eigenvalue weighted by molar-refractivity contribution is -0.119. The SMILES string of the molecule is CNC(=O)[C@H](C)SCc1ccccc1. The highest BCUT2D eigenvalue weighted by atomic mass is 32.2. The van der Waals surface area contributed by atoms with Crippen molar-refractivity contribution >= 4 is 17.7 Å². The number of thioether (sulfide) groups is 1. The Balaban J connectivity index is 2.38. The van der Waals surface area contributed by atoms with Crippen molar-refractivity contribution in [1.82, 2.24) is 5.32 Å². The predicted octanol–water partition coefficient (Wildman–Crippen LogP) is 2.05. The minimum Gasteiger partial charge on any atom is -0.358 e. The van der Waals surface area contributed by atoms with Crippen molar-refractivity contribution in [3.05, 3.63) is 35.9 Å². The highest BCUT2D eigenvalue weighted by Crippen LogP contribution is 2.17. The molecule has 0 aliphatic carbocycles. The fraction of sp³-hybridized carbons (Fsp3) is 0.364. The second-order valence-corrected chi connectivity index (χ2v) is 4.38. The molecule has 1 N–H and O–H groups in total. The van der Waals surface area contributed by atoms with Crippen molar-refractivity contribution in [1.29, 1.82) is 0 Å². The van der Waals surface area contributed by atoms with Crippen LogP contribution in [-0.4, -0.2) is 18.2 Å². The molecule has 3 heteroatoms. The van der Waals surface area contributed by atoms with Crippen LogP contribution in [-0.2, 0) is 10.5 Å². The predicted molar refractivity (Wildman–Crippen MR) is 61.3 cm³/mol. The zero-order valence-corrected chi connectivity index (χ0v) is 9.30. The summed E-state index contributed by atoms with van der Waals surface area (Å²) in [6.45, 7) is 1.92. The van der Waals surface area contributed by atoms with Crippen LogP contribution in [0.3, 0.4) is 0 Å². The lowest BCUT2D eigenvalue weighted by Gasteiger charge is -2.08. The summed E-state index contributed by atoms with van der Waals surface area (Å²) in [5.41, 5.74) is 1.26. The van der Waals surface area contributed by atoms with Crippen LogP contribution in [0.1, 0.15) is 12.5 Å². The highest BCUT2D eigenvalue weighted by Gasteiger charge is 2.10. The number of carbonyl (C=O) groups is 1. The summed E-state index contributed by atoms with van der Waals surface area (Å²) in [4.78, 5) is 11.2. The molecule has 0 spiro atoms. The minimum absolute atomic E-state index is 0.0141. The Bertz CT molecular complexity index is 287. The van der Waals surface area contributed by atoms with Gasteiger partial charge in [-0.05, 0) is 12.5 Å². The van der Waals surface area contributed by atoms with E-state index in [-0.39, 0.29) is 11.2 Å². The number of hydrogen-bond acceptors (Lipinski definition) is 2. The van der Waals surface area contributed by atoms with Crippen molar-refractivity contribution < 1.29 is 4.79 Å². The molecule has 0 radical (unpaired) electrons. The molecule has 0 aromatic heterocycles. The first-order chi connectivity index (χ1) is 6.74. The quantitative estimate of drug-likeness (QED) is 0.822. The standard InChI is InChI=1S/C11H15NOS/c1-9(11(13)12-2)14-8-10-6-4-3-5-7-10/h3-7,9H,8H2,1-2H3,(H,12,13)/t9-/m0/s1. The van der Waals surface area contributed by atoms with Gasteiger partial charge in [0.1, 0.15) is 0 Å². The van der Waals surface area contributed by atoms with Crippen LogP contribution >= 0.6 is 11.8 Å². The number of nitrogens with one attached hydrogen (secondary N) is 1. The molecule has 0 aliphatic heterocycles. The molecule has 1 aromatic carbocycles. The topological polar surface area (TPSA) is 29.1 Å². The third kappa shape index (κ3) is 3.42. The first-order valence-corrected chi connectivity index (χ1v) is 5.66. The van der Waals surface area contributed by atoms with Gasteiger partial charge in [0, 0.05) is 12.8 Å². The molecule has 1 atom stereocenters. The van der Waals surface area contributed by atoms with Crippen LogP contribution in [0.25, 0.3) is 0 Å². The van der Waals surface area contributed by atoms with Gasteiger partial charge in [0.2, 0.25) is 5.91 Å². The molecule has 2 nitrogen and oxygen atoms in total. The first-order valence-electron chi connectivity index (χ1n) is 4.61. The molecule has 1 rings (SSSR count). The fourth-order valence-corrected chi connectivity index (χ4v) is 1.98. The number of hydrogen-bond donors (Lipinski definition) is 1. The van der Waals surface area contributed by atoms with Gasteiger partial charge >= 0.3 is 0 Å². The summed E-state index contributed by atoms with van der Waals surface area (Å²) in [5, 5.41) is 2.66. The number of amides is 1. The smallest absolute Gasteiger partial charge is 0.232 e. The van der Waals surface area contributed by atoms with E-state index in [4.69, 9.17) is 0 Å². The summed E-state index contributed by atoms with van der Waals surface area (Å²) in [7, 11) is 1.67. The molecule has 0 heterocycles. The van der Waals surface area contributed by atoms with Gasteiger partial charge in [0.05, 0.1) is 5.25 Å². The monoisotopic (exact) mass is 209 g/mol. The Morgan fingerprint density at radius 2 is 2.07 bits per heavy atom. The second kappa shape index (κ2) is 5.70.